The Morgan fingerprint density at radius 3 is 2.65 bits per heavy atom. The van der Waals surface area contributed by atoms with E-state index in [1.807, 2.05) is 0 Å². The topological polar surface area (TPSA) is 38.3 Å². The molecule has 0 aliphatic heterocycles. The molecule has 1 aliphatic rings. The summed E-state index contributed by atoms with van der Waals surface area (Å²) in [7, 11) is 1.24. The molecule has 1 atom stereocenters. The summed E-state index contributed by atoms with van der Waals surface area (Å²) in [5.41, 5.74) is 0. The van der Waals surface area contributed by atoms with Crippen molar-refractivity contribution >= 4 is 21.8 Å². The molecule has 1 amide bonds. The molecule has 3 nitrogen and oxygen atoms in total. The van der Waals surface area contributed by atoms with Gasteiger partial charge in [0.1, 0.15) is 5.83 Å². The van der Waals surface area contributed by atoms with Gasteiger partial charge in [-0.3, -0.25) is 4.79 Å². The highest BCUT2D eigenvalue weighted by Gasteiger charge is 2.40. The second-order valence-corrected chi connectivity index (χ2v) is 4.15. The van der Waals surface area contributed by atoms with Gasteiger partial charge in [-0.15, -0.1) is 0 Å². The van der Waals surface area contributed by atoms with E-state index in [9.17, 15) is 22.4 Å². The van der Waals surface area contributed by atoms with E-state index < -0.39 is 24.0 Å². The summed E-state index contributed by atoms with van der Waals surface area (Å²) in [6.45, 7) is 0. The van der Waals surface area contributed by atoms with E-state index in [2.05, 4.69) is 20.7 Å². The summed E-state index contributed by atoms with van der Waals surface area (Å²) in [6.07, 6.45) is -4.20. The van der Waals surface area contributed by atoms with Crippen molar-refractivity contribution in [1.82, 2.24) is 5.32 Å². The lowest BCUT2D eigenvalue weighted by molar-refractivity contribution is -0.174. The van der Waals surface area contributed by atoms with E-state index in [1.165, 1.54) is 13.2 Å². The van der Waals surface area contributed by atoms with E-state index in [0.717, 1.165) is 0 Å². The maximum Gasteiger partial charge on any atom is 0.471 e. The van der Waals surface area contributed by atoms with Crippen molar-refractivity contribution in [2.24, 2.45) is 0 Å². The van der Waals surface area contributed by atoms with Gasteiger partial charge in [-0.05, 0) is 6.08 Å². The fraction of sp³-hybridized carbons (Fsp3) is 0.444. The standard InChI is InChI=1S/C9H8BrF4NO2/c1-17-7-2-4(10)6(3-5(7)11)15-8(16)9(12,13)14/h2,6H,3H2,1H3,(H,15,16). The van der Waals surface area contributed by atoms with E-state index in [4.69, 9.17) is 0 Å². The highest BCUT2D eigenvalue weighted by Crippen LogP contribution is 2.29. The van der Waals surface area contributed by atoms with Crippen LogP contribution in [0.4, 0.5) is 17.6 Å². The highest BCUT2D eigenvalue weighted by atomic mass is 79.9. The number of amides is 1. The van der Waals surface area contributed by atoms with Crippen molar-refractivity contribution in [3.63, 3.8) is 0 Å². The Morgan fingerprint density at radius 2 is 2.18 bits per heavy atom. The molecule has 0 saturated heterocycles. The molecule has 0 spiro atoms. The Labute approximate surface area is 103 Å². The predicted octanol–water partition coefficient (Wildman–Crippen LogP) is 2.54. The number of ether oxygens (including phenoxy) is 1. The van der Waals surface area contributed by atoms with Crippen molar-refractivity contribution in [3.05, 3.63) is 22.1 Å². The normalized spacial score (nSPS) is 21.1. The van der Waals surface area contributed by atoms with E-state index in [-0.39, 0.29) is 16.7 Å². The number of hydrogen-bond acceptors (Lipinski definition) is 2. The number of nitrogens with one attached hydrogen (secondary N) is 1. The lowest BCUT2D eigenvalue weighted by Gasteiger charge is -2.22. The molecular formula is C9H8BrF4NO2. The second-order valence-electron chi connectivity index (χ2n) is 3.23. The number of halogens is 5. The molecule has 1 aliphatic carbocycles. The third-order valence-corrected chi connectivity index (χ3v) is 2.82. The first-order chi connectivity index (χ1) is 7.75. The van der Waals surface area contributed by atoms with Gasteiger partial charge in [-0.25, -0.2) is 4.39 Å². The smallest absolute Gasteiger partial charge is 0.471 e. The van der Waals surface area contributed by atoms with Gasteiger partial charge < -0.3 is 10.1 Å². The molecule has 0 bridgehead atoms. The summed E-state index contributed by atoms with van der Waals surface area (Å²) in [4.78, 5) is 10.7. The van der Waals surface area contributed by atoms with Crippen LogP contribution in [0.15, 0.2) is 22.1 Å². The van der Waals surface area contributed by atoms with Crippen LogP contribution in [0.5, 0.6) is 0 Å². The van der Waals surface area contributed by atoms with Gasteiger partial charge in [0, 0.05) is 10.9 Å². The van der Waals surface area contributed by atoms with Crippen molar-refractivity contribution in [1.29, 1.82) is 0 Å². The average Bonchev–Trinajstić information content (AvgIpc) is 2.21. The summed E-state index contributed by atoms with van der Waals surface area (Å²) in [6, 6.07) is -1.08. The van der Waals surface area contributed by atoms with Crippen LogP contribution in [-0.4, -0.2) is 25.2 Å². The first-order valence-corrected chi connectivity index (χ1v) is 5.22. The van der Waals surface area contributed by atoms with Crippen molar-refractivity contribution in [3.8, 4) is 0 Å². The number of carbonyl (C=O) groups is 1. The molecular weight excluding hydrogens is 310 g/mol. The Balaban J connectivity index is 2.76. The van der Waals surface area contributed by atoms with Crippen LogP contribution < -0.4 is 5.32 Å². The lowest BCUT2D eigenvalue weighted by Crippen LogP contribution is -2.44. The third-order valence-electron chi connectivity index (χ3n) is 2.04. The fourth-order valence-corrected chi connectivity index (χ4v) is 1.70. The molecule has 0 aromatic rings. The maximum atomic E-state index is 13.3. The Kier molecular flexibility index (Phi) is 4.18. The molecule has 0 saturated carbocycles. The van der Waals surface area contributed by atoms with Crippen LogP contribution in [0.2, 0.25) is 0 Å². The molecule has 0 aromatic heterocycles. The van der Waals surface area contributed by atoms with Crippen LogP contribution in [-0.2, 0) is 9.53 Å². The Bertz CT molecular complexity index is 389. The number of carbonyl (C=O) groups excluding carboxylic acids is 1. The molecule has 8 heteroatoms. The minimum absolute atomic E-state index is 0.0746. The molecule has 1 unspecified atom stereocenters. The quantitative estimate of drug-likeness (QED) is 0.795. The van der Waals surface area contributed by atoms with Crippen LogP contribution in [0.25, 0.3) is 0 Å². The number of methoxy groups -OCH3 is 1. The van der Waals surface area contributed by atoms with Crippen LogP contribution in [0.1, 0.15) is 6.42 Å². The first-order valence-electron chi connectivity index (χ1n) is 4.43. The molecule has 1 N–H and O–H groups in total. The van der Waals surface area contributed by atoms with Gasteiger partial charge in [0.25, 0.3) is 0 Å². The molecule has 17 heavy (non-hydrogen) atoms. The van der Waals surface area contributed by atoms with Gasteiger partial charge in [0.15, 0.2) is 5.76 Å². The summed E-state index contributed by atoms with van der Waals surface area (Å²) in [5.74, 6) is -2.90. The molecule has 0 fully saturated rings. The van der Waals surface area contributed by atoms with E-state index >= 15 is 0 Å². The molecule has 0 heterocycles. The number of hydrogen-bond donors (Lipinski definition) is 1. The summed E-state index contributed by atoms with van der Waals surface area (Å²) in [5, 5.41) is 1.67. The minimum atomic E-state index is -4.99. The minimum Gasteiger partial charge on any atom is -0.494 e. The van der Waals surface area contributed by atoms with Gasteiger partial charge in [-0.1, -0.05) is 15.9 Å². The molecule has 0 aromatic carbocycles. The SMILES string of the molecule is COC1=C(F)CC(NC(=O)C(F)(F)F)C(Br)=C1. The van der Waals surface area contributed by atoms with Crippen molar-refractivity contribution in [2.75, 3.05) is 7.11 Å². The molecule has 1 rings (SSSR count). The summed E-state index contributed by atoms with van der Waals surface area (Å²) >= 11 is 2.96. The van der Waals surface area contributed by atoms with Gasteiger partial charge in [0.2, 0.25) is 0 Å². The molecule has 96 valence electrons. The van der Waals surface area contributed by atoms with Crippen molar-refractivity contribution in [2.45, 2.75) is 18.6 Å². The number of rotatable bonds is 2. The van der Waals surface area contributed by atoms with Gasteiger partial charge >= 0.3 is 12.1 Å². The Morgan fingerprint density at radius 1 is 1.59 bits per heavy atom. The van der Waals surface area contributed by atoms with E-state index in [0.29, 0.717) is 0 Å². The zero-order valence-electron chi connectivity index (χ0n) is 8.57. The average molecular weight is 318 g/mol. The first kappa shape index (κ1) is 14.0. The number of allylic oxidation sites excluding steroid dienone is 1. The van der Waals surface area contributed by atoms with Crippen LogP contribution in [0.3, 0.4) is 0 Å². The monoisotopic (exact) mass is 317 g/mol. The van der Waals surface area contributed by atoms with Gasteiger partial charge in [-0.2, -0.15) is 13.2 Å². The second kappa shape index (κ2) is 5.07. The van der Waals surface area contributed by atoms with E-state index in [1.54, 1.807) is 5.32 Å². The maximum absolute atomic E-state index is 13.3. The lowest BCUT2D eigenvalue weighted by atomic mass is 10.1. The number of alkyl halides is 3. The fourth-order valence-electron chi connectivity index (χ4n) is 1.21. The van der Waals surface area contributed by atoms with Crippen LogP contribution in [0, 0.1) is 0 Å². The van der Waals surface area contributed by atoms with Crippen LogP contribution >= 0.6 is 15.9 Å². The third kappa shape index (κ3) is 3.45. The predicted molar refractivity (Wildman–Crippen MR) is 54.8 cm³/mol. The largest absolute Gasteiger partial charge is 0.494 e. The zero-order chi connectivity index (χ0) is 13.2. The van der Waals surface area contributed by atoms with Crippen molar-refractivity contribution < 1.29 is 27.1 Å². The Hall–Kier alpha value is -1.05. The zero-order valence-corrected chi connectivity index (χ0v) is 10.2. The molecule has 0 radical (unpaired) electrons. The highest BCUT2D eigenvalue weighted by molar-refractivity contribution is 9.11. The van der Waals surface area contributed by atoms with Gasteiger partial charge in [0.05, 0.1) is 13.2 Å². The summed E-state index contributed by atoms with van der Waals surface area (Å²) < 4.78 is 54.1.